The maximum atomic E-state index is 12.3. The Morgan fingerprint density at radius 2 is 1.62 bits per heavy atom. The van der Waals surface area contributed by atoms with Gasteiger partial charge in [0.2, 0.25) is 0 Å². The molecule has 2 nitrogen and oxygen atoms in total. The molecule has 0 aliphatic heterocycles. The molecule has 2 aromatic rings. The van der Waals surface area contributed by atoms with E-state index in [-0.39, 0.29) is 51.4 Å². The molecule has 0 amide bonds. The fourth-order valence-electron chi connectivity index (χ4n) is 1.24. The Morgan fingerprint density at radius 3 is 2.06 bits per heavy atom. The van der Waals surface area contributed by atoms with E-state index in [1.54, 1.807) is 0 Å². The SMILES string of the molecule is F[B-](F)(F)c1ccc(-c2cnoc2)cc1.[K+]. The molecule has 0 aliphatic carbocycles. The number of benzene rings is 1. The summed E-state index contributed by atoms with van der Waals surface area (Å²) in [6, 6.07) is 4.92. The van der Waals surface area contributed by atoms with Gasteiger partial charge in [-0.2, -0.15) is 0 Å². The Bertz CT molecular complexity index is 441. The van der Waals surface area contributed by atoms with Crippen LogP contribution in [0.5, 0.6) is 0 Å². The Kier molecular flexibility index (Phi) is 4.81. The largest absolute Gasteiger partial charge is 1.00 e. The van der Waals surface area contributed by atoms with E-state index < -0.39 is 12.4 Å². The molecule has 16 heavy (non-hydrogen) atoms. The predicted molar refractivity (Wildman–Crippen MR) is 50.7 cm³/mol. The molecule has 0 spiro atoms. The van der Waals surface area contributed by atoms with Gasteiger partial charge in [-0.05, 0) is 5.56 Å². The minimum atomic E-state index is -4.92. The van der Waals surface area contributed by atoms with Crippen molar-refractivity contribution in [3.8, 4) is 11.1 Å². The second-order valence-electron chi connectivity index (χ2n) is 3.11. The number of hydrogen-bond acceptors (Lipinski definition) is 2. The van der Waals surface area contributed by atoms with Gasteiger partial charge in [0.05, 0.1) is 6.20 Å². The molecule has 0 N–H and O–H groups in total. The zero-order valence-electron chi connectivity index (χ0n) is 8.53. The van der Waals surface area contributed by atoms with E-state index in [0.717, 1.165) is 12.1 Å². The van der Waals surface area contributed by atoms with Gasteiger partial charge in [0.1, 0.15) is 6.26 Å². The van der Waals surface area contributed by atoms with Gasteiger partial charge in [0.25, 0.3) is 0 Å². The van der Waals surface area contributed by atoms with Gasteiger partial charge in [-0.1, -0.05) is 29.4 Å². The van der Waals surface area contributed by atoms with Gasteiger partial charge >= 0.3 is 58.4 Å². The van der Waals surface area contributed by atoms with Crippen LogP contribution in [0.15, 0.2) is 41.2 Å². The average molecular weight is 251 g/mol. The van der Waals surface area contributed by atoms with Crippen LogP contribution in [0.3, 0.4) is 0 Å². The van der Waals surface area contributed by atoms with Gasteiger partial charge in [-0.25, -0.2) is 0 Å². The molecule has 0 aliphatic rings. The van der Waals surface area contributed by atoms with Crippen LogP contribution in [-0.2, 0) is 0 Å². The van der Waals surface area contributed by atoms with Crippen molar-refractivity contribution >= 4 is 12.4 Å². The van der Waals surface area contributed by atoms with E-state index in [4.69, 9.17) is 0 Å². The standard InChI is InChI=1S/C9H6BF3NO.K/c11-10(12,13)9-3-1-7(2-4-9)8-5-14-15-6-8;/h1-6H;/q-1;+1. The molecule has 0 saturated carbocycles. The third-order valence-electron chi connectivity index (χ3n) is 2.05. The smallest absolute Gasteiger partial charge is 0.445 e. The normalized spacial score (nSPS) is 10.9. The molecule has 1 heterocycles. The summed E-state index contributed by atoms with van der Waals surface area (Å²) in [5, 5.41) is 3.48. The van der Waals surface area contributed by atoms with Crippen molar-refractivity contribution in [2.75, 3.05) is 0 Å². The predicted octanol–water partition coefficient (Wildman–Crippen LogP) is -0.600. The Morgan fingerprint density at radius 1 is 1.00 bits per heavy atom. The molecular weight excluding hydrogens is 245 g/mol. The Hall–Kier alpha value is -0.0787. The van der Waals surface area contributed by atoms with Gasteiger partial charge in [0, 0.05) is 5.56 Å². The number of aromatic nitrogens is 1. The number of nitrogens with zero attached hydrogens (tertiary/aromatic N) is 1. The minimum absolute atomic E-state index is 0. The van der Waals surface area contributed by atoms with Crippen LogP contribution < -0.4 is 56.8 Å². The van der Waals surface area contributed by atoms with Crippen molar-refractivity contribution in [2.45, 2.75) is 0 Å². The monoisotopic (exact) mass is 251 g/mol. The molecule has 1 aromatic carbocycles. The summed E-state index contributed by atoms with van der Waals surface area (Å²) in [6.07, 6.45) is 2.83. The fourth-order valence-corrected chi connectivity index (χ4v) is 1.24. The Balaban J connectivity index is 0.00000128. The van der Waals surface area contributed by atoms with Crippen molar-refractivity contribution in [1.82, 2.24) is 5.16 Å². The summed E-state index contributed by atoms with van der Waals surface area (Å²) >= 11 is 0. The fraction of sp³-hybridized carbons (Fsp3) is 0. The van der Waals surface area contributed by atoms with Crippen LogP contribution in [0, 0.1) is 0 Å². The minimum Gasteiger partial charge on any atom is -0.445 e. The van der Waals surface area contributed by atoms with Crippen molar-refractivity contribution in [1.29, 1.82) is 0 Å². The van der Waals surface area contributed by atoms with Crippen molar-refractivity contribution in [3.63, 3.8) is 0 Å². The first-order chi connectivity index (χ1) is 7.07. The van der Waals surface area contributed by atoms with Crippen molar-refractivity contribution in [2.24, 2.45) is 0 Å². The first-order valence-electron chi connectivity index (χ1n) is 4.27. The van der Waals surface area contributed by atoms with Crippen LogP contribution in [-0.4, -0.2) is 12.1 Å². The van der Waals surface area contributed by atoms with Crippen LogP contribution in [0.1, 0.15) is 0 Å². The van der Waals surface area contributed by atoms with E-state index in [2.05, 4.69) is 9.68 Å². The second kappa shape index (κ2) is 5.50. The molecule has 78 valence electrons. The molecule has 2 rings (SSSR count). The molecule has 7 heteroatoms. The van der Waals surface area contributed by atoms with Crippen LogP contribution in [0.4, 0.5) is 12.9 Å². The number of hydrogen-bond donors (Lipinski definition) is 0. The van der Waals surface area contributed by atoms with Gasteiger partial charge in [-0.15, -0.1) is 5.46 Å². The van der Waals surface area contributed by atoms with Gasteiger partial charge in [0.15, 0.2) is 0 Å². The summed E-state index contributed by atoms with van der Waals surface area (Å²) in [5.41, 5.74) is 0.714. The van der Waals surface area contributed by atoms with E-state index in [1.807, 2.05) is 0 Å². The molecule has 0 fully saturated rings. The summed E-state index contributed by atoms with van der Waals surface area (Å²) < 4.78 is 41.5. The van der Waals surface area contributed by atoms with E-state index in [0.29, 0.717) is 11.1 Å². The van der Waals surface area contributed by atoms with Crippen molar-refractivity contribution < 1.29 is 68.9 Å². The first kappa shape index (κ1) is 14.0. The molecule has 0 saturated heterocycles. The molecule has 1 aromatic heterocycles. The quantitative estimate of drug-likeness (QED) is 0.666. The molecule has 0 radical (unpaired) electrons. The third-order valence-corrected chi connectivity index (χ3v) is 2.05. The van der Waals surface area contributed by atoms with Gasteiger partial charge in [-0.3, -0.25) is 0 Å². The van der Waals surface area contributed by atoms with Crippen LogP contribution >= 0.6 is 0 Å². The molecule has 0 atom stereocenters. The first-order valence-corrected chi connectivity index (χ1v) is 4.27. The molecule has 0 bridgehead atoms. The maximum Gasteiger partial charge on any atom is 1.00 e. The second-order valence-corrected chi connectivity index (χ2v) is 3.11. The summed E-state index contributed by atoms with van der Waals surface area (Å²) in [6.45, 7) is -4.92. The number of rotatable bonds is 2. The van der Waals surface area contributed by atoms with E-state index in [1.165, 1.54) is 24.6 Å². The average Bonchev–Trinajstić information content (AvgIpc) is 2.69. The molecular formula is C9H6BF3KNO. The summed E-state index contributed by atoms with van der Waals surface area (Å²) in [4.78, 5) is 0. The van der Waals surface area contributed by atoms with Crippen LogP contribution in [0.25, 0.3) is 11.1 Å². The zero-order valence-corrected chi connectivity index (χ0v) is 11.7. The zero-order chi connectivity index (χ0) is 10.9. The van der Waals surface area contributed by atoms with E-state index in [9.17, 15) is 12.9 Å². The Labute approximate surface area is 133 Å². The summed E-state index contributed by atoms with van der Waals surface area (Å²) in [7, 11) is 0. The van der Waals surface area contributed by atoms with Gasteiger partial charge < -0.3 is 17.5 Å². The number of halogens is 3. The van der Waals surface area contributed by atoms with E-state index >= 15 is 0 Å². The maximum absolute atomic E-state index is 12.3. The third kappa shape index (κ3) is 3.21. The van der Waals surface area contributed by atoms with Crippen molar-refractivity contribution in [3.05, 3.63) is 36.7 Å². The summed E-state index contributed by atoms with van der Waals surface area (Å²) in [5.74, 6) is 0. The topological polar surface area (TPSA) is 26.0 Å². The van der Waals surface area contributed by atoms with Crippen LogP contribution in [0.2, 0.25) is 0 Å². The molecule has 0 unspecified atom stereocenters.